The molecule has 1 N–H and O–H groups in total. The van der Waals surface area contributed by atoms with Gasteiger partial charge in [-0.1, -0.05) is 5.16 Å². The van der Waals surface area contributed by atoms with Gasteiger partial charge < -0.3 is 9.84 Å². The summed E-state index contributed by atoms with van der Waals surface area (Å²) in [6.45, 7) is 4.90. The van der Waals surface area contributed by atoms with Crippen LogP contribution in [0.2, 0.25) is 0 Å². The minimum absolute atomic E-state index is 0.816. The number of hydrogen-bond donors (Lipinski definition) is 1. The van der Waals surface area contributed by atoms with Gasteiger partial charge in [0.1, 0.15) is 6.26 Å². The third kappa shape index (κ3) is 1.80. The number of rotatable bonds is 3. The molecule has 14 heavy (non-hydrogen) atoms. The summed E-state index contributed by atoms with van der Waals surface area (Å²) < 4.78 is 4.84. The molecule has 0 aromatic carbocycles. The maximum absolute atomic E-state index is 4.84. The van der Waals surface area contributed by atoms with Crippen molar-refractivity contribution in [1.29, 1.82) is 0 Å². The van der Waals surface area contributed by atoms with Crippen LogP contribution in [0.15, 0.2) is 22.2 Å². The molecule has 4 heteroatoms. The molecule has 0 aliphatic rings. The lowest BCUT2D eigenvalue weighted by Crippen LogP contribution is -1.99. The Hall–Kier alpha value is -1.29. The fourth-order valence-electron chi connectivity index (χ4n) is 1.21. The first kappa shape index (κ1) is 9.27. The van der Waals surface area contributed by atoms with Crippen molar-refractivity contribution >= 4 is 17.2 Å². The Bertz CT molecular complexity index is 379. The summed E-state index contributed by atoms with van der Waals surface area (Å²) in [5, 5.41) is 9.20. The molecular weight excluding hydrogens is 196 g/mol. The SMILES string of the molecule is Cc1conc1NCc1sccc1C. The minimum atomic E-state index is 0.816. The second-order valence-corrected chi connectivity index (χ2v) is 4.23. The quantitative estimate of drug-likeness (QED) is 0.842. The number of aromatic nitrogens is 1. The zero-order valence-corrected chi connectivity index (χ0v) is 9.02. The highest BCUT2D eigenvalue weighted by atomic mass is 32.1. The first-order valence-electron chi connectivity index (χ1n) is 4.45. The van der Waals surface area contributed by atoms with Crippen LogP contribution in [0.25, 0.3) is 0 Å². The zero-order valence-electron chi connectivity index (χ0n) is 8.20. The van der Waals surface area contributed by atoms with E-state index in [1.807, 2.05) is 6.92 Å². The Morgan fingerprint density at radius 2 is 2.29 bits per heavy atom. The summed E-state index contributed by atoms with van der Waals surface area (Å²) in [6.07, 6.45) is 1.64. The molecule has 0 fully saturated rings. The van der Waals surface area contributed by atoms with E-state index in [4.69, 9.17) is 4.52 Å². The number of hydrogen-bond acceptors (Lipinski definition) is 4. The van der Waals surface area contributed by atoms with Crippen molar-refractivity contribution in [2.45, 2.75) is 20.4 Å². The number of nitrogens with one attached hydrogen (secondary N) is 1. The number of thiophene rings is 1. The van der Waals surface area contributed by atoms with Gasteiger partial charge in [-0.05, 0) is 30.9 Å². The summed E-state index contributed by atoms with van der Waals surface area (Å²) in [5.41, 5.74) is 2.36. The normalized spacial score (nSPS) is 10.4. The van der Waals surface area contributed by atoms with Gasteiger partial charge in [0.15, 0.2) is 5.82 Å². The Kier molecular flexibility index (Phi) is 2.54. The predicted molar refractivity (Wildman–Crippen MR) is 57.6 cm³/mol. The number of nitrogens with zero attached hydrogens (tertiary/aromatic N) is 1. The van der Waals surface area contributed by atoms with Crippen molar-refractivity contribution in [1.82, 2.24) is 5.16 Å². The van der Waals surface area contributed by atoms with Crippen LogP contribution in [0.1, 0.15) is 16.0 Å². The second kappa shape index (κ2) is 3.84. The van der Waals surface area contributed by atoms with Gasteiger partial charge in [-0.2, -0.15) is 0 Å². The van der Waals surface area contributed by atoms with Crippen molar-refractivity contribution in [3.63, 3.8) is 0 Å². The molecule has 0 unspecified atom stereocenters. The first-order valence-corrected chi connectivity index (χ1v) is 5.33. The van der Waals surface area contributed by atoms with Gasteiger partial charge in [0.2, 0.25) is 0 Å². The molecule has 2 rings (SSSR count). The molecule has 74 valence electrons. The standard InChI is InChI=1S/C10H12N2OS/c1-7-3-4-14-9(7)5-11-10-8(2)6-13-12-10/h3-4,6H,5H2,1-2H3,(H,11,12). The van der Waals surface area contributed by atoms with Gasteiger partial charge in [-0.3, -0.25) is 0 Å². The van der Waals surface area contributed by atoms with E-state index in [1.165, 1.54) is 10.4 Å². The molecule has 0 aliphatic carbocycles. The van der Waals surface area contributed by atoms with E-state index in [0.29, 0.717) is 0 Å². The molecule has 0 radical (unpaired) electrons. The fourth-order valence-corrected chi connectivity index (χ4v) is 2.05. The lowest BCUT2D eigenvalue weighted by Gasteiger charge is -2.01. The summed E-state index contributed by atoms with van der Waals surface area (Å²) in [6, 6.07) is 2.12. The van der Waals surface area contributed by atoms with Crippen molar-refractivity contribution in [2.75, 3.05) is 5.32 Å². The highest BCUT2D eigenvalue weighted by molar-refractivity contribution is 7.10. The number of anilines is 1. The van der Waals surface area contributed by atoms with Crippen LogP contribution in [-0.2, 0) is 6.54 Å². The van der Waals surface area contributed by atoms with Crippen LogP contribution in [-0.4, -0.2) is 5.16 Å². The summed E-state index contributed by atoms with van der Waals surface area (Å²) in [5.74, 6) is 0.831. The van der Waals surface area contributed by atoms with Crippen LogP contribution in [0.4, 0.5) is 5.82 Å². The third-order valence-corrected chi connectivity index (χ3v) is 3.15. The molecule has 0 atom stereocenters. The van der Waals surface area contributed by atoms with Gasteiger partial charge >= 0.3 is 0 Å². The van der Waals surface area contributed by atoms with E-state index in [-0.39, 0.29) is 0 Å². The highest BCUT2D eigenvalue weighted by Gasteiger charge is 2.04. The van der Waals surface area contributed by atoms with Crippen molar-refractivity contribution in [2.24, 2.45) is 0 Å². The maximum atomic E-state index is 4.84. The van der Waals surface area contributed by atoms with Gasteiger partial charge in [0.05, 0.1) is 6.54 Å². The van der Waals surface area contributed by atoms with E-state index >= 15 is 0 Å². The molecule has 0 aliphatic heterocycles. The smallest absolute Gasteiger partial charge is 0.172 e. The average Bonchev–Trinajstić information content (AvgIpc) is 2.72. The van der Waals surface area contributed by atoms with Crippen LogP contribution in [0.5, 0.6) is 0 Å². The Labute approximate surface area is 86.7 Å². The molecule has 2 aromatic heterocycles. The van der Waals surface area contributed by atoms with E-state index in [0.717, 1.165) is 17.9 Å². The van der Waals surface area contributed by atoms with E-state index < -0.39 is 0 Å². The summed E-state index contributed by atoms with van der Waals surface area (Å²) >= 11 is 1.76. The minimum Gasteiger partial charge on any atom is -0.362 e. The Balaban J connectivity index is 2.02. The third-order valence-electron chi connectivity index (χ3n) is 2.13. The van der Waals surface area contributed by atoms with Gasteiger partial charge in [-0.15, -0.1) is 11.3 Å². The molecule has 2 heterocycles. The maximum Gasteiger partial charge on any atom is 0.172 e. The van der Waals surface area contributed by atoms with Crippen LogP contribution < -0.4 is 5.32 Å². The van der Waals surface area contributed by atoms with Crippen molar-refractivity contribution in [3.8, 4) is 0 Å². The van der Waals surface area contributed by atoms with Crippen molar-refractivity contribution in [3.05, 3.63) is 33.7 Å². The first-order chi connectivity index (χ1) is 6.77. The molecule has 0 saturated carbocycles. The van der Waals surface area contributed by atoms with Crippen LogP contribution >= 0.6 is 11.3 Å². The molecular formula is C10H12N2OS. The second-order valence-electron chi connectivity index (χ2n) is 3.23. The monoisotopic (exact) mass is 208 g/mol. The largest absolute Gasteiger partial charge is 0.362 e. The summed E-state index contributed by atoms with van der Waals surface area (Å²) in [7, 11) is 0. The van der Waals surface area contributed by atoms with Gasteiger partial charge in [-0.25, -0.2) is 0 Å². The Morgan fingerprint density at radius 1 is 1.43 bits per heavy atom. The molecule has 0 spiro atoms. The molecule has 2 aromatic rings. The fraction of sp³-hybridized carbons (Fsp3) is 0.300. The van der Waals surface area contributed by atoms with E-state index in [2.05, 4.69) is 28.8 Å². The van der Waals surface area contributed by atoms with Crippen LogP contribution in [0.3, 0.4) is 0 Å². The molecule has 0 bridgehead atoms. The predicted octanol–water partition coefficient (Wildman–Crippen LogP) is 2.97. The molecule has 3 nitrogen and oxygen atoms in total. The number of aryl methyl sites for hydroxylation is 2. The topological polar surface area (TPSA) is 38.1 Å². The lowest BCUT2D eigenvalue weighted by atomic mass is 10.3. The van der Waals surface area contributed by atoms with Crippen LogP contribution in [0, 0.1) is 13.8 Å². The van der Waals surface area contributed by atoms with E-state index in [9.17, 15) is 0 Å². The molecule has 0 saturated heterocycles. The van der Waals surface area contributed by atoms with E-state index in [1.54, 1.807) is 17.6 Å². The van der Waals surface area contributed by atoms with Gasteiger partial charge in [0.25, 0.3) is 0 Å². The zero-order chi connectivity index (χ0) is 9.97. The van der Waals surface area contributed by atoms with Gasteiger partial charge in [0, 0.05) is 10.4 Å². The summed E-state index contributed by atoms with van der Waals surface area (Å²) in [4.78, 5) is 1.34. The highest BCUT2D eigenvalue weighted by Crippen LogP contribution is 2.18. The van der Waals surface area contributed by atoms with Crippen molar-refractivity contribution < 1.29 is 4.52 Å². The Morgan fingerprint density at radius 3 is 2.86 bits per heavy atom. The lowest BCUT2D eigenvalue weighted by molar-refractivity contribution is 0.421. The molecule has 0 amide bonds. The average molecular weight is 208 g/mol.